The number of nitrogens with zero attached hydrogens (tertiary/aromatic N) is 7. The van der Waals surface area contributed by atoms with Crippen LogP contribution in [-0.2, 0) is 32.5 Å². The summed E-state index contributed by atoms with van der Waals surface area (Å²) in [6.07, 6.45) is 7.59. The molecule has 0 bridgehead atoms. The third kappa shape index (κ3) is 15.0. The standard InChI is InChI=1S/C30H38F3N7O2.C26H32N2O3.C2H5NO/c1-36(2)14-21-7-9-38(10-8-21)15-22-11-25(30(31,32)33)26-17-39(28(41)40(26)16-22)24-6-4-5-23(12-24)29(18-42-19-29)13-27(35)37(3)20-34;1-3-5-25(19-30)28(4-2)26(31)23-10-12-24(13-11-23)27-16-14-22(15-17-27)21-8-6-20(18-29)7-9-21;1-3-2-4/h4-6,11-12,16-17,20-21,34-35H,7-10,13-15,18-19H2,1-3H3;6-13,18-19,22,25H,3-5,14-17H2,1-2H3;2H,1H3,(H,3,4). The second-order valence-electron chi connectivity index (χ2n) is 20.5. The highest BCUT2D eigenvalue weighted by Crippen LogP contribution is 2.38. The number of anilines is 1. The molecule has 19 heteroatoms. The van der Waals surface area contributed by atoms with Crippen molar-refractivity contribution in [3.05, 3.63) is 135 Å². The van der Waals surface area contributed by atoms with Gasteiger partial charge in [0, 0.05) is 87.9 Å². The predicted octanol–water partition coefficient (Wildman–Crippen LogP) is 8.13. The summed E-state index contributed by atoms with van der Waals surface area (Å²) >= 11 is 0. The molecule has 16 nitrogen and oxygen atoms in total. The van der Waals surface area contributed by atoms with Crippen LogP contribution in [0.4, 0.5) is 18.9 Å². The fourth-order valence-electron chi connectivity index (χ4n) is 10.5. The Labute approximate surface area is 449 Å². The van der Waals surface area contributed by atoms with Crippen LogP contribution in [-0.4, -0.2) is 152 Å². The number of amides is 2. The minimum Gasteiger partial charge on any atom is -0.379 e. The number of carbonyl (C=O) groups excluding carboxylic acids is 4. The van der Waals surface area contributed by atoms with E-state index in [1.165, 1.54) is 33.5 Å². The SMILES string of the molecule is CCCC(C=O)N(CC)C(=O)c1ccc(N2CCC(c3ccc(C=O)cc3)CC2)cc1.CN(C)CC1CCN(Cc2cc(C(F)(F)F)c3cn(-c4cccc(C5(CC(=N)N(C)C=N)COC5)c4)c(=O)n3c2)CC1.CNC=O. The summed E-state index contributed by atoms with van der Waals surface area (Å²) < 4.78 is 50.7. The molecule has 3 N–H and O–H groups in total. The van der Waals surface area contributed by atoms with Crippen LogP contribution in [0.15, 0.2) is 96.1 Å². The quantitative estimate of drug-likeness (QED) is 0.0415. The summed E-state index contributed by atoms with van der Waals surface area (Å²) in [5.74, 6) is 1.24. The number of nitrogens with one attached hydrogen (secondary N) is 3. The lowest BCUT2D eigenvalue weighted by Gasteiger charge is -2.42. The number of amidine groups is 1. The van der Waals surface area contributed by atoms with Crippen molar-refractivity contribution in [3.8, 4) is 5.69 Å². The van der Waals surface area contributed by atoms with E-state index in [1.54, 1.807) is 37.2 Å². The zero-order valence-corrected chi connectivity index (χ0v) is 45.2. The molecule has 1 atom stereocenters. The molecule has 0 radical (unpaired) electrons. The fraction of sp³-hybridized carbons (Fsp3) is 0.466. The number of hydrogen-bond acceptors (Lipinski definition) is 11. The maximum absolute atomic E-state index is 14.3. The largest absolute Gasteiger partial charge is 0.418 e. The Morgan fingerprint density at radius 1 is 0.896 bits per heavy atom. The number of likely N-dealkylation sites (N-methyl/N-ethyl adjacent to an activating group) is 1. The highest BCUT2D eigenvalue weighted by Gasteiger charge is 2.42. The van der Waals surface area contributed by atoms with Crippen molar-refractivity contribution in [2.45, 2.75) is 88.9 Å². The second-order valence-corrected chi connectivity index (χ2v) is 20.5. The number of ether oxygens (including phenoxy) is 1. The van der Waals surface area contributed by atoms with Gasteiger partial charge in [0.1, 0.15) is 18.4 Å². The number of aldehydes is 2. The lowest BCUT2D eigenvalue weighted by atomic mass is 9.75. The Balaban J connectivity index is 0.000000243. The lowest BCUT2D eigenvalue weighted by molar-refractivity contribution is -0.136. The molecule has 414 valence electrons. The average Bonchev–Trinajstić information content (AvgIpc) is 3.80. The summed E-state index contributed by atoms with van der Waals surface area (Å²) in [5, 5.41) is 18.0. The van der Waals surface area contributed by atoms with Gasteiger partial charge in [0.25, 0.3) is 5.91 Å². The first kappa shape index (κ1) is 59.3. The molecule has 3 aromatic carbocycles. The molecule has 8 rings (SSSR count). The third-order valence-corrected chi connectivity index (χ3v) is 14.9. The van der Waals surface area contributed by atoms with Crippen molar-refractivity contribution in [3.63, 3.8) is 0 Å². The summed E-state index contributed by atoms with van der Waals surface area (Å²) in [4.78, 5) is 67.6. The van der Waals surface area contributed by atoms with Gasteiger partial charge in [-0.15, -0.1) is 0 Å². The summed E-state index contributed by atoms with van der Waals surface area (Å²) in [6.45, 7) is 10.1. The molecule has 2 aromatic heterocycles. The van der Waals surface area contributed by atoms with Crippen LogP contribution in [0.1, 0.15) is 108 Å². The van der Waals surface area contributed by atoms with Gasteiger partial charge in [-0.05, 0) is 137 Å². The van der Waals surface area contributed by atoms with Crippen molar-refractivity contribution in [1.29, 1.82) is 10.8 Å². The van der Waals surface area contributed by atoms with Crippen molar-refractivity contribution in [1.82, 2.24) is 33.9 Å². The van der Waals surface area contributed by atoms with E-state index >= 15 is 0 Å². The Hall–Kier alpha value is -6.96. The number of imidazole rings is 1. The number of pyridine rings is 1. The van der Waals surface area contributed by atoms with Crippen molar-refractivity contribution in [2.75, 3.05) is 85.6 Å². The molecule has 5 heterocycles. The number of halogens is 3. The van der Waals surface area contributed by atoms with Crippen LogP contribution in [0.2, 0.25) is 0 Å². The molecule has 0 aliphatic carbocycles. The Bertz CT molecular complexity index is 2830. The number of rotatable bonds is 19. The first-order valence-corrected chi connectivity index (χ1v) is 26.4. The van der Waals surface area contributed by atoms with E-state index in [0.29, 0.717) is 79.8 Å². The maximum atomic E-state index is 14.3. The topological polar surface area (TPSA) is 180 Å². The van der Waals surface area contributed by atoms with E-state index in [0.717, 1.165) is 99.4 Å². The molecule has 3 saturated heterocycles. The molecule has 77 heavy (non-hydrogen) atoms. The molecule has 1 unspecified atom stereocenters. The first-order valence-electron chi connectivity index (χ1n) is 26.4. The molecule has 0 spiro atoms. The monoisotopic (exact) mass is 1060 g/mol. The van der Waals surface area contributed by atoms with E-state index in [4.69, 9.17) is 20.3 Å². The Morgan fingerprint density at radius 2 is 1.56 bits per heavy atom. The molecule has 3 fully saturated rings. The molecule has 0 saturated carbocycles. The van der Waals surface area contributed by atoms with E-state index in [1.807, 2.05) is 70.4 Å². The van der Waals surface area contributed by atoms with E-state index < -0.39 is 22.8 Å². The second kappa shape index (κ2) is 27.4. The van der Waals surface area contributed by atoms with Gasteiger partial charge in [-0.2, -0.15) is 13.2 Å². The summed E-state index contributed by atoms with van der Waals surface area (Å²) in [5.41, 5.74) is 3.36. The molecular formula is C58H75F3N10O6. The van der Waals surface area contributed by atoms with Gasteiger partial charge in [-0.3, -0.25) is 39.1 Å². The maximum Gasteiger partial charge on any atom is 0.418 e. The van der Waals surface area contributed by atoms with Crippen LogP contribution in [0.5, 0.6) is 0 Å². The molecule has 3 aliphatic rings. The van der Waals surface area contributed by atoms with Gasteiger partial charge in [-0.1, -0.05) is 49.7 Å². The van der Waals surface area contributed by atoms with Crippen LogP contribution in [0.25, 0.3) is 11.2 Å². The highest BCUT2D eigenvalue weighted by molar-refractivity contribution is 5.96. The molecule has 5 aromatic rings. The van der Waals surface area contributed by atoms with Gasteiger partial charge in [0.15, 0.2) is 0 Å². The normalized spacial score (nSPS) is 16.2. The van der Waals surface area contributed by atoms with Gasteiger partial charge < -0.3 is 34.4 Å². The predicted molar refractivity (Wildman–Crippen MR) is 295 cm³/mol. The van der Waals surface area contributed by atoms with E-state index in [2.05, 4.69) is 32.1 Å². The van der Waals surface area contributed by atoms with Crippen molar-refractivity contribution < 1.29 is 37.1 Å². The van der Waals surface area contributed by atoms with Crippen molar-refractivity contribution >= 4 is 48.3 Å². The number of hydrogen-bond donors (Lipinski definition) is 3. The number of fused-ring (bicyclic) bond motifs is 1. The number of benzene rings is 3. The fourth-order valence-corrected chi connectivity index (χ4v) is 10.5. The average molecular weight is 1070 g/mol. The molecule has 3 aliphatic heterocycles. The Morgan fingerprint density at radius 3 is 2.09 bits per heavy atom. The smallest absolute Gasteiger partial charge is 0.379 e. The number of likely N-dealkylation sites (tertiary alicyclic amines) is 1. The van der Waals surface area contributed by atoms with E-state index in [-0.39, 0.29) is 23.3 Å². The van der Waals surface area contributed by atoms with Crippen LogP contribution >= 0.6 is 0 Å². The van der Waals surface area contributed by atoms with Gasteiger partial charge in [0.05, 0.1) is 42.4 Å². The zero-order valence-electron chi connectivity index (χ0n) is 45.2. The van der Waals surface area contributed by atoms with Crippen LogP contribution < -0.4 is 15.9 Å². The van der Waals surface area contributed by atoms with Gasteiger partial charge in [-0.25, -0.2) is 4.79 Å². The van der Waals surface area contributed by atoms with Gasteiger partial charge in [0.2, 0.25) is 6.41 Å². The highest BCUT2D eigenvalue weighted by atomic mass is 19.4. The van der Waals surface area contributed by atoms with Crippen LogP contribution in [0, 0.1) is 16.7 Å². The van der Waals surface area contributed by atoms with Crippen LogP contribution in [0.3, 0.4) is 0 Å². The minimum absolute atomic E-state index is 0.0860. The zero-order chi connectivity index (χ0) is 55.9. The molecule has 2 amide bonds. The number of alkyl halides is 3. The van der Waals surface area contributed by atoms with E-state index in [9.17, 15) is 32.3 Å². The number of aromatic nitrogens is 2. The summed E-state index contributed by atoms with van der Waals surface area (Å²) in [6, 6.07) is 23.6. The lowest BCUT2D eigenvalue weighted by Crippen LogP contribution is -2.49. The number of piperidine rings is 2. The third-order valence-electron chi connectivity index (χ3n) is 14.9. The minimum atomic E-state index is -4.63. The van der Waals surface area contributed by atoms with Gasteiger partial charge >= 0.3 is 11.9 Å². The molecular weight excluding hydrogens is 990 g/mol. The first-order chi connectivity index (χ1) is 36.9. The summed E-state index contributed by atoms with van der Waals surface area (Å²) in [7, 11) is 7.29. The Kier molecular flexibility index (Phi) is 21.1. The van der Waals surface area contributed by atoms with Crippen molar-refractivity contribution in [2.24, 2.45) is 5.92 Å². The number of carbonyl (C=O) groups is 4.